The van der Waals surface area contributed by atoms with Crippen molar-refractivity contribution in [3.05, 3.63) is 47.4 Å². The molecule has 0 radical (unpaired) electrons. The van der Waals surface area contributed by atoms with Crippen LogP contribution in [0.25, 0.3) is 11.4 Å². The fraction of sp³-hybridized carbons (Fsp3) is 0.333. The molecule has 3 aromatic rings. The first-order valence-corrected chi connectivity index (χ1v) is 10.6. The number of alkyl halides is 1. The van der Waals surface area contributed by atoms with Gasteiger partial charge in [-0.3, -0.25) is 15.1 Å². The number of amides is 2. The number of rotatable bonds is 6. The number of hydrogen-bond donors (Lipinski definition) is 2. The van der Waals surface area contributed by atoms with Gasteiger partial charge in [-0.15, -0.1) is 5.10 Å². The molecule has 2 N–H and O–H groups in total. The van der Waals surface area contributed by atoms with E-state index in [4.69, 9.17) is 16.3 Å². The Morgan fingerprint density at radius 1 is 1.24 bits per heavy atom. The number of nitrogens with one attached hydrogen (secondary N) is 2. The number of aromatic nitrogens is 5. The van der Waals surface area contributed by atoms with Gasteiger partial charge >= 0.3 is 6.09 Å². The Kier molecular flexibility index (Phi) is 6.50. The normalized spacial score (nSPS) is 18.2. The number of anilines is 2. The average molecular weight is 474 g/mol. The van der Waals surface area contributed by atoms with Crippen LogP contribution in [0.2, 0.25) is 5.15 Å². The van der Waals surface area contributed by atoms with Crippen LogP contribution in [0.5, 0.6) is 0 Å². The minimum absolute atomic E-state index is 0.231. The first kappa shape index (κ1) is 22.6. The third-order valence-electron chi connectivity index (χ3n) is 5.28. The standard InChI is InChI=1S/C21H21ClFN7O3/c1-11(15-4-3-7-24-18(15)22)33-21(32)27-19-17(28-29-30(19)2)16-6-5-14(10-25-16)26-20(31)12-8-13(23)9-12/h3-7,10-13H,8-9H2,1-2H3,(H,26,31)(H,27,32)/t11-,12?,13?/m1/s1. The number of carbonyl (C=O) groups excluding carboxylic acids is 2. The van der Waals surface area contributed by atoms with Crippen molar-refractivity contribution in [2.24, 2.45) is 13.0 Å². The summed E-state index contributed by atoms with van der Waals surface area (Å²) >= 11 is 6.06. The summed E-state index contributed by atoms with van der Waals surface area (Å²) in [6.45, 7) is 1.68. The first-order chi connectivity index (χ1) is 15.8. The van der Waals surface area contributed by atoms with E-state index in [1.54, 1.807) is 44.4 Å². The van der Waals surface area contributed by atoms with Crippen LogP contribution < -0.4 is 10.6 Å². The molecule has 0 aliphatic heterocycles. The van der Waals surface area contributed by atoms with Crippen molar-refractivity contribution >= 4 is 35.1 Å². The maximum Gasteiger partial charge on any atom is 0.413 e. The Morgan fingerprint density at radius 3 is 2.70 bits per heavy atom. The lowest BCUT2D eigenvalue weighted by molar-refractivity contribution is -0.124. The fourth-order valence-electron chi connectivity index (χ4n) is 3.34. The highest BCUT2D eigenvalue weighted by Gasteiger charge is 2.34. The van der Waals surface area contributed by atoms with E-state index in [9.17, 15) is 14.0 Å². The van der Waals surface area contributed by atoms with Crippen molar-refractivity contribution in [2.75, 3.05) is 10.6 Å². The zero-order chi connectivity index (χ0) is 23.5. The van der Waals surface area contributed by atoms with Crippen LogP contribution in [-0.4, -0.2) is 43.1 Å². The molecule has 3 aromatic heterocycles. The summed E-state index contributed by atoms with van der Waals surface area (Å²) in [5.41, 5.74) is 1.79. The minimum atomic E-state index is -0.903. The van der Waals surface area contributed by atoms with E-state index < -0.39 is 18.4 Å². The Labute approximate surface area is 193 Å². The molecule has 1 aliphatic rings. The summed E-state index contributed by atoms with van der Waals surface area (Å²) in [4.78, 5) is 32.8. The molecule has 2 amide bonds. The third kappa shape index (κ3) is 5.08. The number of hydrogen-bond acceptors (Lipinski definition) is 7. The van der Waals surface area contributed by atoms with E-state index in [0.29, 0.717) is 22.6 Å². The first-order valence-electron chi connectivity index (χ1n) is 10.2. The van der Waals surface area contributed by atoms with Crippen molar-refractivity contribution in [2.45, 2.75) is 32.0 Å². The highest BCUT2D eigenvalue weighted by atomic mass is 35.5. The maximum atomic E-state index is 13.0. The van der Waals surface area contributed by atoms with Crippen LogP contribution in [-0.2, 0) is 16.6 Å². The van der Waals surface area contributed by atoms with Gasteiger partial charge in [0, 0.05) is 24.7 Å². The van der Waals surface area contributed by atoms with Crippen LogP contribution >= 0.6 is 11.6 Å². The monoisotopic (exact) mass is 473 g/mol. The summed E-state index contributed by atoms with van der Waals surface area (Å²) in [6, 6.07) is 6.70. The Bertz CT molecular complexity index is 1160. The summed E-state index contributed by atoms with van der Waals surface area (Å²) in [7, 11) is 1.61. The molecule has 1 atom stereocenters. The molecule has 1 fully saturated rings. The molecule has 0 bridgehead atoms. The van der Waals surface area contributed by atoms with Gasteiger partial charge in [0.1, 0.15) is 17.4 Å². The van der Waals surface area contributed by atoms with Crippen LogP contribution in [0.3, 0.4) is 0 Å². The zero-order valence-corrected chi connectivity index (χ0v) is 18.6. The van der Waals surface area contributed by atoms with Crippen molar-refractivity contribution in [3.8, 4) is 11.4 Å². The topological polar surface area (TPSA) is 124 Å². The van der Waals surface area contributed by atoms with E-state index in [1.807, 2.05) is 0 Å². The molecule has 0 saturated heterocycles. The van der Waals surface area contributed by atoms with Crippen molar-refractivity contribution in [1.82, 2.24) is 25.0 Å². The summed E-state index contributed by atoms with van der Waals surface area (Å²) in [5.74, 6) is -0.270. The minimum Gasteiger partial charge on any atom is -0.441 e. The quantitative estimate of drug-likeness (QED) is 0.520. The SMILES string of the molecule is C[C@@H](OC(=O)Nc1c(-c2ccc(NC(=O)C3CC(F)C3)cn2)nnn1C)c1cccnc1Cl. The molecule has 172 valence electrons. The number of nitrogens with zero attached hydrogens (tertiary/aromatic N) is 5. The lowest BCUT2D eigenvalue weighted by Gasteiger charge is -2.28. The molecule has 1 aliphatic carbocycles. The lowest BCUT2D eigenvalue weighted by Crippen LogP contribution is -2.35. The summed E-state index contributed by atoms with van der Waals surface area (Å²) in [6.07, 6.45) is 1.22. The van der Waals surface area contributed by atoms with E-state index in [1.165, 1.54) is 10.9 Å². The molecule has 10 nitrogen and oxygen atoms in total. The number of aryl methyl sites for hydroxylation is 1. The van der Waals surface area contributed by atoms with Gasteiger partial charge in [0.2, 0.25) is 5.91 Å². The Hall–Kier alpha value is -3.60. The van der Waals surface area contributed by atoms with Gasteiger partial charge in [-0.1, -0.05) is 22.9 Å². The van der Waals surface area contributed by atoms with E-state index in [-0.39, 0.29) is 35.6 Å². The molecule has 0 unspecified atom stereocenters. The number of halogens is 2. The summed E-state index contributed by atoms with van der Waals surface area (Å²) in [5, 5.41) is 13.6. The van der Waals surface area contributed by atoms with Gasteiger partial charge in [0.25, 0.3) is 0 Å². The van der Waals surface area contributed by atoms with Crippen LogP contribution in [0.4, 0.5) is 20.7 Å². The summed E-state index contributed by atoms with van der Waals surface area (Å²) < 4.78 is 19.7. The van der Waals surface area contributed by atoms with E-state index in [0.717, 1.165) is 0 Å². The van der Waals surface area contributed by atoms with Gasteiger partial charge in [-0.25, -0.2) is 18.9 Å². The van der Waals surface area contributed by atoms with Gasteiger partial charge < -0.3 is 10.1 Å². The van der Waals surface area contributed by atoms with Crippen LogP contribution in [0, 0.1) is 5.92 Å². The third-order valence-corrected chi connectivity index (χ3v) is 5.60. The van der Waals surface area contributed by atoms with Crippen LogP contribution in [0.1, 0.15) is 31.4 Å². The number of ether oxygens (including phenoxy) is 1. The average Bonchev–Trinajstić information content (AvgIpc) is 3.12. The molecule has 33 heavy (non-hydrogen) atoms. The molecule has 3 heterocycles. The van der Waals surface area contributed by atoms with Crippen LogP contribution in [0.15, 0.2) is 36.7 Å². The lowest BCUT2D eigenvalue weighted by atomic mass is 9.83. The highest BCUT2D eigenvalue weighted by Crippen LogP contribution is 2.31. The second-order valence-corrected chi connectivity index (χ2v) is 8.01. The van der Waals surface area contributed by atoms with Gasteiger partial charge in [0.05, 0.1) is 17.6 Å². The molecule has 0 spiro atoms. The predicted molar refractivity (Wildman–Crippen MR) is 118 cm³/mol. The number of carbonyl (C=O) groups is 2. The molecular weight excluding hydrogens is 453 g/mol. The number of pyridine rings is 2. The smallest absolute Gasteiger partial charge is 0.413 e. The molecule has 4 rings (SSSR count). The Morgan fingerprint density at radius 2 is 2.03 bits per heavy atom. The van der Waals surface area contributed by atoms with Gasteiger partial charge in [0.15, 0.2) is 11.5 Å². The van der Waals surface area contributed by atoms with E-state index in [2.05, 4.69) is 30.9 Å². The predicted octanol–water partition coefficient (Wildman–Crippen LogP) is 3.92. The fourth-order valence-corrected chi connectivity index (χ4v) is 3.61. The molecule has 1 saturated carbocycles. The second kappa shape index (κ2) is 9.49. The highest BCUT2D eigenvalue weighted by molar-refractivity contribution is 6.30. The second-order valence-electron chi connectivity index (χ2n) is 7.65. The molecule has 0 aromatic carbocycles. The zero-order valence-electron chi connectivity index (χ0n) is 17.8. The Balaban J connectivity index is 1.42. The largest absolute Gasteiger partial charge is 0.441 e. The molecule has 12 heteroatoms. The molecular formula is C21H21ClFN7O3. The maximum absolute atomic E-state index is 13.0. The van der Waals surface area contributed by atoms with Crippen molar-refractivity contribution < 1.29 is 18.7 Å². The van der Waals surface area contributed by atoms with Crippen molar-refractivity contribution in [1.29, 1.82) is 0 Å². The van der Waals surface area contributed by atoms with E-state index >= 15 is 0 Å². The van der Waals surface area contributed by atoms with Gasteiger partial charge in [-0.2, -0.15) is 0 Å². The van der Waals surface area contributed by atoms with Gasteiger partial charge in [-0.05, 0) is 38.0 Å². The van der Waals surface area contributed by atoms with Crippen molar-refractivity contribution in [3.63, 3.8) is 0 Å².